The van der Waals surface area contributed by atoms with Crippen molar-refractivity contribution in [1.29, 1.82) is 0 Å². The fraction of sp³-hybridized carbons (Fsp3) is 0.0952. The average Bonchev–Trinajstić information content (AvgIpc) is 3.34. The van der Waals surface area contributed by atoms with E-state index in [1.165, 1.54) is 7.11 Å². The van der Waals surface area contributed by atoms with Gasteiger partial charge in [-0.05, 0) is 42.8 Å². The summed E-state index contributed by atoms with van der Waals surface area (Å²) in [5, 5.41) is 0. The number of aromatic amines is 1. The van der Waals surface area contributed by atoms with Crippen molar-refractivity contribution in [2.45, 2.75) is 6.92 Å². The van der Waals surface area contributed by atoms with Crippen LogP contribution < -0.4 is 0 Å². The summed E-state index contributed by atoms with van der Waals surface area (Å²) in [6.45, 7) is 1.98. The lowest BCUT2D eigenvalue weighted by molar-refractivity contribution is -0.736. The minimum absolute atomic E-state index is 0.405. The molecule has 1 N–H and O–H groups in total. The number of allylic oxidation sites excluding steroid dienone is 1. The van der Waals surface area contributed by atoms with Gasteiger partial charge in [0.05, 0.1) is 15.9 Å². The van der Waals surface area contributed by atoms with Crippen molar-refractivity contribution in [3.8, 4) is 11.3 Å². The molecule has 6 heteroatoms. The number of furan rings is 1. The van der Waals surface area contributed by atoms with E-state index < -0.39 is 0 Å². The van der Waals surface area contributed by atoms with E-state index in [1.807, 2.05) is 55.5 Å². The quantitative estimate of drug-likeness (QED) is 0.487. The zero-order chi connectivity index (χ0) is 18.8. The SMILES string of the molecule is CO[N+](=O)c1cccc(-c2ccc(/C=C(\C)c3nc4ccccc4[nH]3)o2)c1. The van der Waals surface area contributed by atoms with Crippen molar-refractivity contribution >= 4 is 28.4 Å². The van der Waals surface area contributed by atoms with Gasteiger partial charge in [-0.3, -0.25) is 0 Å². The average molecular weight is 360 g/mol. The maximum Gasteiger partial charge on any atom is 0.317 e. The lowest BCUT2D eigenvalue weighted by Gasteiger charge is -1.97. The van der Waals surface area contributed by atoms with Gasteiger partial charge in [0.2, 0.25) is 0 Å². The van der Waals surface area contributed by atoms with E-state index >= 15 is 0 Å². The van der Waals surface area contributed by atoms with Crippen LogP contribution in [0.15, 0.2) is 65.1 Å². The molecule has 2 aromatic carbocycles. The first-order valence-electron chi connectivity index (χ1n) is 8.49. The topological polar surface area (TPSA) is 71.1 Å². The molecule has 0 aliphatic rings. The third kappa shape index (κ3) is 3.37. The van der Waals surface area contributed by atoms with Gasteiger partial charge in [-0.2, -0.15) is 0 Å². The summed E-state index contributed by atoms with van der Waals surface area (Å²) in [6, 6.07) is 18.7. The molecule has 2 aromatic heterocycles. The summed E-state index contributed by atoms with van der Waals surface area (Å²) in [5.74, 6) is 2.18. The number of hydrogen-bond acceptors (Lipinski definition) is 4. The van der Waals surface area contributed by atoms with Gasteiger partial charge < -0.3 is 9.40 Å². The number of fused-ring (bicyclic) bond motifs is 1. The second kappa shape index (κ2) is 6.92. The molecular formula is C21H18N3O3+. The first kappa shape index (κ1) is 16.8. The van der Waals surface area contributed by atoms with E-state index in [4.69, 9.17) is 4.42 Å². The third-order valence-electron chi connectivity index (χ3n) is 4.26. The molecule has 0 saturated heterocycles. The second-order valence-electron chi connectivity index (χ2n) is 6.12. The van der Waals surface area contributed by atoms with Crippen LogP contribution in [0.1, 0.15) is 18.5 Å². The predicted octanol–water partition coefficient (Wildman–Crippen LogP) is 5.36. The van der Waals surface area contributed by atoms with Crippen LogP contribution in [0.4, 0.5) is 5.69 Å². The van der Waals surface area contributed by atoms with Crippen LogP contribution in [-0.4, -0.2) is 22.0 Å². The van der Waals surface area contributed by atoms with E-state index in [0.717, 1.165) is 28.0 Å². The minimum Gasteiger partial charge on any atom is -0.457 e. The van der Waals surface area contributed by atoms with Crippen molar-refractivity contribution in [1.82, 2.24) is 9.97 Å². The molecule has 0 radical (unpaired) electrons. The van der Waals surface area contributed by atoms with Crippen LogP contribution in [-0.2, 0) is 4.84 Å². The summed E-state index contributed by atoms with van der Waals surface area (Å²) in [5.41, 5.74) is 4.09. The Kier molecular flexibility index (Phi) is 4.30. The second-order valence-corrected chi connectivity index (χ2v) is 6.12. The van der Waals surface area contributed by atoms with E-state index in [0.29, 0.717) is 22.1 Å². The maximum atomic E-state index is 11.6. The van der Waals surface area contributed by atoms with Gasteiger partial charge in [0.25, 0.3) is 4.92 Å². The van der Waals surface area contributed by atoms with Crippen LogP contribution in [0.5, 0.6) is 0 Å². The number of nitrogens with one attached hydrogen (secondary N) is 1. The number of benzene rings is 2. The molecule has 0 amide bonds. The smallest absolute Gasteiger partial charge is 0.317 e. The Balaban J connectivity index is 1.62. The lowest BCUT2D eigenvalue weighted by atomic mass is 10.1. The highest BCUT2D eigenvalue weighted by molar-refractivity contribution is 5.83. The molecule has 0 unspecified atom stereocenters. The Hall–Kier alpha value is -3.67. The molecule has 4 aromatic rings. The summed E-state index contributed by atoms with van der Waals surface area (Å²) in [7, 11) is 1.33. The number of nitrogens with zero attached hydrogens (tertiary/aromatic N) is 2. The van der Waals surface area contributed by atoms with Gasteiger partial charge in [0.1, 0.15) is 17.3 Å². The van der Waals surface area contributed by atoms with Gasteiger partial charge in [0, 0.05) is 17.7 Å². The Bertz CT molecular complexity index is 1120. The van der Waals surface area contributed by atoms with Gasteiger partial charge in [-0.15, -0.1) is 0 Å². The van der Waals surface area contributed by atoms with Crippen LogP contribution in [0.25, 0.3) is 34.0 Å². The number of H-pyrrole nitrogens is 1. The number of aromatic nitrogens is 2. The molecule has 0 bridgehead atoms. The molecule has 0 aliphatic heterocycles. The number of para-hydroxylation sites is 2. The fourth-order valence-corrected chi connectivity index (χ4v) is 2.89. The van der Waals surface area contributed by atoms with Gasteiger partial charge >= 0.3 is 5.69 Å². The van der Waals surface area contributed by atoms with E-state index in [9.17, 15) is 4.91 Å². The predicted molar refractivity (Wildman–Crippen MR) is 104 cm³/mol. The standard InChI is InChI=1S/C21H18N3O3/c1-14(21-22-18-8-3-4-9-19(18)23-21)12-17-10-11-20(27-17)15-6-5-7-16(13-15)24(25)26-2/h3-13H,1-2H3,(H,22,23)/q+1/b14-12+. The molecule has 4 rings (SSSR count). The largest absolute Gasteiger partial charge is 0.457 e. The van der Waals surface area contributed by atoms with Gasteiger partial charge in [-0.1, -0.05) is 24.3 Å². The first-order valence-corrected chi connectivity index (χ1v) is 8.49. The summed E-state index contributed by atoms with van der Waals surface area (Å²) < 4.78 is 5.92. The van der Waals surface area contributed by atoms with Crippen molar-refractivity contribution < 1.29 is 14.2 Å². The molecule has 0 spiro atoms. The summed E-state index contributed by atoms with van der Waals surface area (Å²) >= 11 is 0. The first-order chi connectivity index (χ1) is 13.1. The van der Waals surface area contributed by atoms with Crippen LogP contribution in [0.2, 0.25) is 0 Å². The minimum atomic E-state index is 0.405. The van der Waals surface area contributed by atoms with Crippen LogP contribution >= 0.6 is 0 Å². The Morgan fingerprint density at radius 1 is 1.15 bits per heavy atom. The number of rotatable bonds is 5. The van der Waals surface area contributed by atoms with Crippen LogP contribution in [0.3, 0.4) is 0 Å². The highest BCUT2D eigenvalue weighted by Crippen LogP contribution is 2.27. The number of hydrogen-bond donors (Lipinski definition) is 1. The maximum absolute atomic E-state index is 11.6. The Morgan fingerprint density at radius 2 is 2.00 bits per heavy atom. The zero-order valence-electron chi connectivity index (χ0n) is 15.0. The molecule has 6 nitrogen and oxygen atoms in total. The Morgan fingerprint density at radius 3 is 2.81 bits per heavy atom. The van der Waals surface area contributed by atoms with E-state index in [2.05, 4.69) is 14.8 Å². The normalized spacial score (nSPS) is 11.7. The highest BCUT2D eigenvalue weighted by Gasteiger charge is 2.16. The molecule has 0 aliphatic carbocycles. The van der Waals surface area contributed by atoms with Gasteiger partial charge in [-0.25, -0.2) is 9.82 Å². The van der Waals surface area contributed by atoms with E-state index in [-0.39, 0.29) is 0 Å². The number of imidazole rings is 1. The summed E-state index contributed by atoms with van der Waals surface area (Å²) in [6.07, 6.45) is 1.93. The third-order valence-corrected chi connectivity index (χ3v) is 4.26. The molecule has 0 atom stereocenters. The van der Waals surface area contributed by atoms with Gasteiger partial charge in [0.15, 0.2) is 7.11 Å². The molecule has 2 heterocycles. The monoisotopic (exact) mass is 360 g/mol. The molecule has 134 valence electrons. The van der Waals surface area contributed by atoms with E-state index in [1.54, 1.807) is 18.2 Å². The molecular weight excluding hydrogens is 342 g/mol. The van der Waals surface area contributed by atoms with Crippen molar-refractivity contribution in [2.24, 2.45) is 0 Å². The highest BCUT2D eigenvalue weighted by atomic mass is 16.8. The molecule has 27 heavy (non-hydrogen) atoms. The van der Waals surface area contributed by atoms with Crippen LogP contribution in [0, 0.1) is 4.91 Å². The zero-order valence-corrected chi connectivity index (χ0v) is 15.0. The van der Waals surface area contributed by atoms with Crippen molar-refractivity contribution in [2.75, 3.05) is 7.11 Å². The molecule has 0 saturated carbocycles. The fourth-order valence-electron chi connectivity index (χ4n) is 2.89. The van der Waals surface area contributed by atoms with Crippen molar-refractivity contribution in [3.63, 3.8) is 0 Å². The molecule has 0 fully saturated rings. The summed E-state index contributed by atoms with van der Waals surface area (Å²) in [4.78, 5) is 24.7. The van der Waals surface area contributed by atoms with Crippen molar-refractivity contribution in [3.05, 3.63) is 77.2 Å². The lowest BCUT2D eigenvalue weighted by Crippen LogP contribution is -1.97. The Labute approximate surface area is 155 Å².